The Morgan fingerprint density at radius 2 is 1.72 bits per heavy atom. The molecule has 0 radical (unpaired) electrons. The third-order valence-electron chi connectivity index (χ3n) is 2.07. The maximum absolute atomic E-state index is 13.5. The Hall–Kier alpha value is -0.740. The molecule has 0 spiro atoms. The fraction of sp³-hybridized carbons (Fsp3) is 0. The molecule has 2 aromatic rings. The first-order valence-corrected chi connectivity index (χ1v) is 6.22. The van der Waals surface area contributed by atoms with Crippen molar-refractivity contribution >= 4 is 57.9 Å². The molecule has 2 rings (SSSR count). The molecule has 0 unspecified atom stereocenters. The van der Waals surface area contributed by atoms with E-state index in [4.69, 9.17) is 46.4 Å². The summed E-state index contributed by atoms with van der Waals surface area (Å²) in [5.41, 5.74) is 0.148. The summed E-state index contributed by atoms with van der Waals surface area (Å²) in [6.45, 7) is 0. The summed E-state index contributed by atoms with van der Waals surface area (Å²) in [5, 5.41) is 3.61. The van der Waals surface area contributed by atoms with Gasteiger partial charge in [0.1, 0.15) is 11.0 Å². The van der Waals surface area contributed by atoms with Crippen LogP contribution in [0.1, 0.15) is 0 Å². The van der Waals surface area contributed by atoms with E-state index in [0.717, 1.165) is 0 Å². The molecule has 1 heterocycles. The van der Waals surface area contributed by atoms with Crippen LogP contribution in [-0.2, 0) is 0 Å². The van der Waals surface area contributed by atoms with Gasteiger partial charge in [-0.3, -0.25) is 0 Å². The van der Waals surface area contributed by atoms with Crippen LogP contribution >= 0.6 is 46.4 Å². The maximum atomic E-state index is 13.5. The van der Waals surface area contributed by atoms with Crippen LogP contribution < -0.4 is 5.32 Å². The Balaban J connectivity index is 2.40. The van der Waals surface area contributed by atoms with Gasteiger partial charge in [0.2, 0.25) is 0 Å². The second kappa shape index (κ2) is 5.49. The van der Waals surface area contributed by atoms with E-state index in [0.29, 0.717) is 5.02 Å². The zero-order valence-corrected chi connectivity index (χ0v) is 11.7. The smallest absolute Gasteiger partial charge is 0.151 e. The van der Waals surface area contributed by atoms with E-state index in [2.05, 4.69) is 10.3 Å². The first-order chi connectivity index (χ1) is 8.47. The number of nitrogens with zero attached hydrogens (tertiary/aromatic N) is 1. The minimum atomic E-state index is -0.483. The SMILES string of the molecule is Fc1ccc(Cl)cc1Nc1nc(Cl)c(Cl)cc1Cl. The lowest BCUT2D eigenvalue weighted by Gasteiger charge is -2.09. The van der Waals surface area contributed by atoms with E-state index in [1.54, 1.807) is 0 Å². The number of hydrogen-bond donors (Lipinski definition) is 1. The molecule has 0 amide bonds. The second-order valence-corrected chi connectivity index (χ2v) is 4.95. The van der Waals surface area contributed by atoms with E-state index >= 15 is 0 Å². The normalized spacial score (nSPS) is 10.5. The third kappa shape index (κ3) is 2.98. The van der Waals surface area contributed by atoms with Crippen LogP contribution in [0.2, 0.25) is 20.2 Å². The lowest BCUT2D eigenvalue weighted by molar-refractivity contribution is 0.632. The van der Waals surface area contributed by atoms with Gasteiger partial charge in [0, 0.05) is 5.02 Å². The van der Waals surface area contributed by atoms with Crippen molar-refractivity contribution < 1.29 is 4.39 Å². The summed E-state index contributed by atoms with van der Waals surface area (Å²) in [7, 11) is 0. The molecule has 0 aliphatic heterocycles. The fourth-order valence-corrected chi connectivity index (χ4v) is 1.97. The Labute approximate surface area is 123 Å². The van der Waals surface area contributed by atoms with E-state index < -0.39 is 5.82 Å². The molecule has 0 bridgehead atoms. The Morgan fingerprint density at radius 3 is 2.44 bits per heavy atom. The summed E-state index contributed by atoms with van der Waals surface area (Å²) in [6, 6.07) is 5.50. The molecule has 1 aromatic heterocycles. The number of rotatable bonds is 2. The van der Waals surface area contributed by atoms with Crippen LogP contribution in [0.3, 0.4) is 0 Å². The van der Waals surface area contributed by atoms with Gasteiger partial charge in [0.05, 0.1) is 15.7 Å². The molecule has 0 saturated heterocycles. The topological polar surface area (TPSA) is 24.9 Å². The predicted octanol–water partition coefficient (Wildman–Crippen LogP) is 5.58. The van der Waals surface area contributed by atoms with E-state index in [1.807, 2.05) is 0 Å². The lowest BCUT2D eigenvalue weighted by Crippen LogP contribution is -1.97. The van der Waals surface area contributed by atoms with Gasteiger partial charge in [-0.05, 0) is 24.3 Å². The molecule has 0 atom stereocenters. The molecule has 0 fully saturated rings. The zero-order chi connectivity index (χ0) is 13.3. The van der Waals surface area contributed by atoms with Gasteiger partial charge in [0.15, 0.2) is 5.82 Å². The number of nitrogens with one attached hydrogen (secondary N) is 1. The Kier molecular flexibility index (Phi) is 4.17. The molecular weight excluding hydrogens is 321 g/mol. The molecule has 1 N–H and O–H groups in total. The number of aromatic nitrogens is 1. The van der Waals surface area contributed by atoms with Gasteiger partial charge in [-0.1, -0.05) is 46.4 Å². The molecule has 0 aliphatic rings. The molecule has 2 nitrogen and oxygen atoms in total. The highest BCUT2D eigenvalue weighted by Crippen LogP contribution is 2.31. The van der Waals surface area contributed by atoms with Gasteiger partial charge in [-0.15, -0.1) is 0 Å². The van der Waals surface area contributed by atoms with Gasteiger partial charge in [-0.25, -0.2) is 9.37 Å². The Bertz CT molecular complexity index is 604. The predicted molar refractivity (Wildman–Crippen MR) is 74.0 cm³/mol. The van der Waals surface area contributed by atoms with Crippen molar-refractivity contribution in [1.82, 2.24) is 4.98 Å². The number of hydrogen-bond acceptors (Lipinski definition) is 2. The highest BCUT2D eigenvalue weighted by Gasteiger charge is 2.10. The quantitative estimate of drug-likeness (QED) is 0.729. The minimum Gasteiger partial charge on any atom is -0.337 e. The van der Waals surface area contributed by atoms with Crippen molar-refractivity contribution in [1.29, 1.82) is 0 Å². The summed E-state index contributed by atoms with van der Waals surface area (Å²) in [4.78, 5) is 3.92. The van der Waals surface area contributed by atoms with Gasteiger partial charge in [0.25, 0.3) is 0 Å². The summed E-state index contributed by atoms with van der Waals surface area (Å²) in [6.07, 6.45) is 0. The van der Waals surface area contributed by atoms with Gasteiger partial charge >= 0.3 is 0 Å². The molecule has 18 heavy (non-hydrogen) atoms. The Morgan fingerprint density at radius 1 is 1.00 bits per heavy atom. The lowest BCUT2D eigenvalue weighted by atomic mass is 10.3. The van der Waals surface area contributed by atoms with Crippen LogP contribution in [-0.4, -0.2) is 4.98 Å². The highest BCUT2D eigenvalue weighted by atomic mass is 35.5. The van der Waals surface area contributed by atoms with E-state index in [9.17, 15) is 4.39 Å². The van der Waals surface area contributed by atoms with Gasteiger partial charge in [-0.2, -0.15) is 0 Å². The van der Waals surface area contributed by atoms with Gasteiger partial charge < -0.3 is 5.32 Å². The number of halogens is 5. The van der Waals surface area contributed by atoms with E-state index in [1.165, 1.54) is 24.3 Å². The standard InChI is InChI=1S/C11H5Cl4FN2/c12-5-1-2-8(16)9(3-5)17-11-7(14)4-6(13)10(15)18-11/h1-4H,(H,17,18). The van der Waals surface area contributed by atoms with Crippen LogP contribution in [0.15, 0.2) is 24.3 Å². The molecule has 94 valence electrons. The van der Waals surface area contributed by atoms with Crippen LogP contribution in [0.25, 0.3) is 0 Å². The number of anilines is 2. The van der Waals surface area contributed by atoms with Crippen LogP contribution in [0, 0.1) is 5.82 Å². The molecule has 7 heteroatoms. The second-order valence-electron chi connectivity index (χ2n) is 3.34. The maximum Gasteiger partial charge on any atom is 0.151 e. The molecule has 1 aromatic carbocycles. The minimum absolute atomic E-state index is 0.0750. The monoisotopic (exact) mass is 324 g/mol. The van der Waals surface area contributed by atoms with Crippen LogP contribution in [0.5, 0.6) is 0 Å². The van der Waals surface area contributed by atoms with Crippen molar-refractivity contribution in [3.8, 4) is 0 Å². The summed E-state index contributed by atoms with van der Waals surface area (Å²) in [5.74, 6) is -0.282. The summed E-state index contributed by atoms with van der Waals surface area (Å²) < 4.78 is 13.5. The van der Waals surface area contributed by atoms with Crippen molar-refractivity contribution in [2.75, 3.05) is 5.32 Å². The zero-order valence-electron chi connectivity index (χ0n) is 8.65. The van der Waals surface area contributed by atoms with Crippen molar-refractivity contribution in [2.24, 2.45) is 0 Å². The third-order valence-corrected chi connectivity index (χ3v) is 3.26. The molecule has 0 aliphatic carbocycles. The number of benzene rings is 1. The van der Waals surface area contributed by atoms with E-state index in [-0.39, 0.29) is 26.7 Å². The first-order valence-electron chi connectivity index (χ1n) is 4.71. The van der Waals surface area contributed by atoms with Crippen molar-refractivity contribution in [3.05, 3.63) is 50.3 Å². The van der Waals surface area contributed by atoms with Crippen molar-refractivity contribution in [3.63, 3.8) is 0 Å². The largest absolute Gasteiger partial charge is 0.337 e. The molecule has 0 saturated carbocycles. The number of pyridine rings is 1. The van der Waals surface area contributed by atoms with Crippen molar-refractivity contribution in [2.45, 2.75) is 0 Å². The van der Waals surface area contributed by atoms with Crippen LogP contribution in [0.4, 0.5) is 15.9 Å². The fourth-order valence-electron chi connectivity index (χ4n) is 1.25. The average Bonchev–Trinajstić information content (AvgIpc) is 2.30. The first kappa shape index (κ1) is 13.7. The summed E-state index contributed by atoms with van der Waals surface area (Å²) >= 11 is 23.2. The highest BCUT2D eigenvalue weighted by molar-refractivity contribution is 6.43. The average molecular weight is 326 g/mol. The molecular formula is C11H5Cl4FN2.